The van der Waals surface area contributed by atoms with Crippen LogP contribution in [0.4, 0.5) is 4.79 Å². The molecule has 0 aromatic heterocycles. The molecule has 1 aliphatic rings. The van der Waals surface area contributed by atoms with Crippen LogP contribution in [0.5, 0.6) is 0 Å². The average molecular weight is 453 g/mol. The molecule has 2 aromatic carbocycles. The van der Waals surface area contributed by atoms with Crippen molar-refractivity contribution in [2.24, 2.45) is 5.92 Å². The first-order valence-electron chi connectivity index (χ1n) is 11.4. The fourth-order valence-electron chi connectivity index (χ4n) is 4.21. The van der Waals surface area contributed by atoms with Crippen molar-refractivity contribution in [3.63, 3.8) is 0 Å². The first-order chi connectivity index (χ1) is 15.8. The lowest BCUT2D eigenvalue weighted by Gasteiger charge is -2.20. The van der Waals surface area contributed by atoms with Crippen LogP contribution in [0.3, 0.4) is 0 Å². The largest absolute Gasteiger partial charge is 0.480 e. The molecule has 3 atom stereocenters. The van der Waals surface area contributed by atoms with Crippen LogP contribution in [0.2, 0.25) is 0 Å². The second-order valence-corrected chi connectivity index (χ2v) is 8.78. The van der Waals surface area contributed by atoms with E-state index in [-0.39, 0.29) is 24.9 Å². The monoisotopic (exact) mass is 452 g/mol. The van der Waals surface area contributed by atoms with Crippen molar-refractivity contribution in [3.8, 4) is 11.1 Å². The van der Waals surface area contributed by atoms with Gasteiger partial charge in [-0.1, -0.05) is 68.8 Å². The number of carboxylic acids is 1. The van der Waals surface area contributed by atoms with Crippen LogP contribution in [0.15, 0.2) is 48.5 Å². The standard InChI is InChI=1S/C26H32N2O5/c1-4-16(2)13-23(25(30)31)28-24(29)14-17(3)27-26(32)33-15-22-20-11-7-5-9-18(20)19-10-6-8-12-21(19)22/h5-12,16-17,22-23H,4,13-15H2,1-3H3,(H,27,32)(H,28,29)(H,30,31)/t16?,17-,23?/m0/s1. The summed E-state index contributed by atoms with van der Waals surface area (Å²) in [5.41, 5.74) is 4.55. The summed E-state index contributed by atoms with van der Waals surface area (Å²) in [6, 6.07) is 14.7. The molecule has 0 radical (unpaired) electrons. The van der Waals surface area contributed by atoms with Crippen LogP contribution in [-0.4, -0.2) is 41.8 Å². The number of benzene rings is 2. The minimum Gasteiger partial charge on any atom is -0.480 e. The van der Waals surface area contributed by atoms with Crippen molar-refractivity contribution >= 4 is 18.0 Å². The highest BCUT2D eigenvalue weighted by Gasteiger charge is 2.29. The molecule has 0 heterocycles. The van der Waals surface area contributed by atoms with E-state index in [1.54, 1.807) is 6.92 Å². The lowest BCUT2D eigenvalue weighted by atomic mass is 9.98. The van der Waals surface area contributed by atoms with Gasteiger partial charge < -0.3 is 20.5 Å². The molecule has 0 saturated heterocycles. The van der Waals surface area contributed by atoms with Gasteiger partial charge >= 0.3 is 12.1 Å². The Morgan fingerprint density at radius 2 is 1.55 bits per heavy atom. The molecule has 0 saturated carbocycles. The summed E-state index contributed by atoms with van der Waals surface area (Å²) in [4.78, 5) is 36.1. The maximum atomic E-state index is 12.4. The number of hydrogen-bond donors (Lipinski definition) is 3. The molecule has 3 N–H and O–H groups in total. The van der Waals surface area contributed by atoms with Gasteiger partial charge in [0.05, 0.1) is 0 Å². The van der Waals surface area contributed by atoms with Crippen molar-refractivity contribution in [1.29, 1.82) is 0 Å². The second-order valence-electron chi connectivity index (χ2n) is 8.78. The molecular formula is C26H32N2O5. The summed E-state index contributed by atoms with van der Waals surface area (Å²) >= 11 is 0. The van der Waals surface area contributed by atoms with Crippen LogP contribution >= 0.6 is 0 Å². The Morgan fingerprint density at radius 3 is 2.09 bits per heavy atom. The Labute approximate surface area is 194 Å². The normalized spacial score (nSPS) is 15.0. The third-order valence-corrected chi connectivity index (χ3v) is 6.17. The number of amides is 2. The molecule has 0 bridgehead atoms. The van der Waals surface area contributed by atoms with Gasteiger partial charge in [-0.15, -0.1) is 0 Å². The molecule has 7 nitrogen and oxygen atoms in total. The number of carbonyl (C=O) groups excluding carboxylic acids is 2. The van der Waals surface area contributed by atoms with E-state index in [1.165, 1.54) is 0 Å². The van der Waals surface area contributed by atoms with E-state index in [1.807, 2.05) is 50.2 Å². The summed E-state index contributed by atoms with van der Waals surface area (Å²) in [5, 5.41) is 14.6. The Kier molecular flexibility index (Phi) is 8.09. The van der Waals surface area contributed by atoms with Crippen LogP contribution in [0, 0.1) is 5.92 Å². The highest BCUT2D eigenvalue weighted by atomic mass is 16.5. The third kappa shape index (κ3) is 6.12. The fourth-order valence-corrected chi connectivity index (χ4v) is 4.21. The predicted molar refractivity (Wildman–Crippen MR) is 126 cm³/mol. The van der Waals surface area contributed by atoms with E-state index in [9.17, 15) is 19.5 Å². The summed E-state index contributed by atoms with van der Waals surface area (Å²) in [6.45, 7) is 5.80. The zero-order valence-corrected chi connectivity index (χ0v) is 19.3. The van der Waals surface area contributed by atoms with Gasteiger partial charge in [-0.25, -0.2) is 9.59 Å². The van der Waals surface area contributed by atoms with Gasteiger partial charge in [0.15, 0.2) is 0 Å². The molecular weight excluding hydrogens is 420 g/mol. The molecule has 0 spiro atoms. The van der Waals surface area contributed by atoms with Gasteiger partial charge in [0.25, 0.3) is 0 Å². The van der Waals surface area contributed by atoms with E-state index in [0.29, 0.717) is 6.42 Å². The van der Waals surface area contributed by atoms with Crippen LogP contribution < -0.4 is 10.6 Å². The van der Waals surface area contributed by atoms with E-state index in [4.69, 9.17) is 4.74 Å². The molecule has 0 aliphatic heterocycles. The first kappa shape index (κ1) is 24.3. The Balaban J connectivity index is 1.51. The third-order valence-electron chi connectivity index (χ3n) is 6.17. The number of aliphatic carboxylic acids is 1. The number of hydrogen-bond acceptors (Lipinski definition) is 4. The molecule has 2 unspecified atom stereocenters. The van der Waals surface area contributed by atoms with Crippen LogP contribution in [0.25, 0.3) is 11.1 Å². The molecule has 2 amide bonds. The highest BCUT2D eigenvalue weighted by Crippen LogP contribution is 2.44. The predicted octanol–water partition coefficient (Wildman–Crippen LogP) is 4.31. The van der Waals surface area contributed by atoms with Gasteiger partial charge in [0, 0.05) is 18.4 Å². The van der Waals surface area contributed by atoms with E-state index in [0.717, 1.165) is 28.7 Å². The van der Waals surface area contributed by atoms with Gasteiger partial charge in [0.2, 0.25) is 5.91 Å². The molecule has 1 aliphatic carbocycles. The number of carboxylic acid groups (broad SMARTS) is 1. The smallest absolute Gasteiger partial charge is 0.407 e. The summed E-state index contributed by atoms with van der Waals surface area (Å²) in [7, 11) is 0. The summed E-state index contributed by atoms with van der Waals surface area (Å²) < 4.78 is 5.50. The van der Waals surface area contributed by atoms with Gasteiger partial charge in [0.1, 0.15) is 12.6 Å². The first-order valence-corrected chi connectivity index (χ1v) is 11.4. The van der Waals surface area contributed by atoms with Crippen molar-refractivity contribution in [2.45, 2.75) is 58.0 Å². The van der Waals surface area contributed by atoms with Crippen LogP contribution in [0.1, 0.15) is 57.1 Å². The maximum absolute atomic E-state index is 12.4. The quantitative estimate of drug-likeness (QED) is 0.498. The van der Waals surface area contributed by atoms with Gasteiger partial charge in [-0.2, -0.15) is 0 Å². The summed E-state index contributed by atoms with van der Waals surface area (Å²) in [5.74, 6) is -1.33. The average Bonchev–Trinajstić information content (AvgIpc) is 3.10. The van der Waals surface area contributed by atoms with Crippen molar-refractivity contribution in [1.82, 2.24) is 10.6 Å². The van der Waals surface area contributed by atoms with Gasteiger partial charge in [-0.3, -0.25) is 4.79 Å². The Morgan fingerprint density at radius 1 is 0.970 bits per heavy atom. The molecule has 2 aromatic rings. The Hall–Kier alpha value is -3.35. The number of fused-ring (bicyclic) bond motifs is 3. The zero-order chi connectivity index (χ0) is 24.0. The highest BCUT2D eigenvalue weighted by molar-refractivity contribution is 5.84. The van der Waals surface area contributed by atoms with Crippen molar-refractivity contribution < 1.29 is 24.2 Å². The second kappa shape index (κ2) is 11.0. The summed E-state index contributed by atoms with van der Waals surface area (Å²) in [6.07, 6.45) is 0.561. The lowest BCUT2D eigenvalue weighted by molar-refractivity contribution is -0.142. The topological polar surface area (TPSA) is 105 Å². The lowest BCUT2D eigenvalue weighted by Crippen LogP contribution is -2.44. The minimum atomic E-state index is -1.05. The minimum absolute atomic E-state index is 0.0333. The maximum Gasteiger partial charge on any atom is 0.407 e. The molecule has 0 fully saturated rings. The molecule has 176 valence electrons. The number of carbonyl (C=O) groups is 3. The van der Waals surface area contributed by atoms with E-state index >= 15 is 0 Å². The number of nitrogens with one attached hydrogen (secondary N) is 2. The number of rotatable bonds is 10. The number of alkyl carbamates (subject to hydrolysis) is 1. The Bertz CT molecular complexity index is 960. The molecule has 33 heavy (non-hydrogen) atoms. The molecule has 3 rings (SSSR count). The SMILES string of the molecule is CCC(C)CC(NC(=O)C[C@H](C)NC(=O)OCC1c2ccccc2-c2ccccc21)C(=O)O. The fraction of sp³-hybridized carbons (Fsp3) is 0.423. The van der Waals surface area contributed by atoms with Crippen molar-refractivity contribution in [3.05, 3.63) is 59.7 Å². The van der Waals surface area contributed by atoms with Crippen molar-refractivity contribution in [2.75, 3.05) is 6.61 Å². The molecule has 7 heteroatoms. The van der Waals surface area contributed by atoms with Crippen LogP contribution in [-0.2, 0) is 14.3 Å². The number of ether oxygens (including phenoxy) is 1. The van der Waals surface area contributed by atoms with E-state index < -0.39 is 30.1 Å². The zero-order valence-electron chi connectivity index (χ0n) is 19.3. The van der Waals surface area contributed by atoms with E-state index in [2.05, 4.69) is 22.8 Å². The van der Waals surface area contributed by atoms with Gasteiger partial charge in [-0.05, 0) is 41.5 Å².